The molecule has 1 N–H and O–H groups in total. The van der Waals surface area contributed by atoms with Crippen molar-refractivity contribution in [1.29, 1.82) is 0 Å². The van der Waals surface area contributed by atoms with E-state index in [2.05, 4.69) is 21.2 Å². The number of carbonyl (C=O) groups excluding carboxylic acids is 1. The molecule has 0 heterocycles. The Balaban J connectivity index is 2.79. The second kappa shape index (κ2) is 6.23. The smallest absolute Gasteiger partial charge is 0.253 e. The molecule has 0 fully saturated rings. The zero-order valence-electron chi connectivity index (χ0n) is 9.26. The third-order valence-corrected chi connectivity index (χ3v) is 2.83. The van der Waals surface area contributed by atoms with E-state index in [4.69, 9.17) is 11.6 Å². The van der Waals surface area contributed by atoms with Crippen molar-refractivity contribution in [3.8, 4) is 0 Å². The van der Waals surface area contributed by atoms with Gasteiger partial charge in [0, 0.05) is 35.2 Å². The van der Waals surface area contributed by atoms with E-state index >= 15 is 0 Å². The first-order valence-corrected chi connectivity index (χ1v) is 6.08. The van der Waals surface area contributed by atoms with Crippen LogP contribution in [-0.4, -0.2) is 38.0 Å². The van der Waals surface area contributed by atoms with Gasteiger partial charge in [-0.25, -0.2) is 0 Å². The Morgan fingerprint density at radius 1 is 1.50 bits per heavy atom. The van der Waals surface area contributed by atoms with Crippen LogP contribution in [0.25, 0.3) is 0 Å². The fraction of sp³-hybridized carbons (Fsp3) is 0.364. The number of nitrogens with zero attached hydrogens (tertiary/aromatic N) is 1. The highest BCUT2D eigenvalue weighted by molar-refractivity contribution is 9.10. The number of likely N-dealkylation sites (N-methyl/N-ethyl adjacent to an activating group) is 2. The van der Waals surface area contributed by atoms with E-state index in [0.29, 0.717) is 17.1 Å². The second-order valence-electron chi connectivity index (χ2n) is 3.49. The lowest BCUT2D eigenvalue weighted by molar-refractivity contribution is 0.0797. The van der Waals surface area contributed by atoms with Crippen LogP contribution in [0.1, 0.15) is 10.4 Å². The highest BCUT2D eigenvalue weighted by Gasteiger charge is 2.12. The molecule has 16 heavy (non-hydrogen) atoms. The van der Waals surface area contributed by atoms with Crippen molar-refractivity contribution in [3.63, 3.8) is 0 Å². The average Bonchev–Trinajstić information content (AvgIpc) is 2.23. The molecule has 1 rings (SSSR count). The van der Waals surface area contributed by atoms with Gasteiger partial charge in [-0.1, -0.05) is 27.5 Å². The van der Waals surface area contributed by atoms with Gasteiger partial charge in [-0.05, 0) is 25.2 Å². The van der Waals surface area contributed by atoms with Gasteiger partial charge in [-0.2, -0.15) is 0 Å². The summed E-state index contributed by atoms with van der Waals surface area (Å²) in [4.78, 5) is 13.6. The fourth-order valence-corrected chi connectivity index (χ4v) is 2.14. The van der Waals surface area contributed by atoms with Crippen molar-refractivity contribution >= 4 is 33.4 Å². The minimum Gasteiger partial charge on any atom is -0.340 e. The molecule has 0 spiro atoms. The maximum Gasteiger partial charge on any atom is 0.253 e. The Morgan fingerprint density at radius 3 is 2.75 bits per heavy atom. The fourth-order valence-electron chi connectivity index (χ4n) is 1.28. The van der Waals surface area contributed by atoms with Gasteiger partial charge in [0.05, 0.1) is 0 Å². The number of hydrogen-bond donors (Lipinski definition) is 1. The van der Waals surface area contributed by atoms with Crippen molar-refractivity contribution in [2.24, 2.45) is 0 Å². The minimum atomic E-state index is -0.0292. The molecule has 1 aromatic carbocycles. The van der Waals surface area contributed by atoms with Gasteiger partial charge in [0.1, 0.15) is 0 Å². The third kappa shape index (κ3) is 3.77. The summed E-state index contributed by atoms with van der Waals surface area (Å²) in [6.45, 7) is 1.43. The number of hydrogen-bond acceptors (Lipinski definition) is 2. The van der Waals surface area contributed by atoms with Crippen LogP contribution in [0.3, 0.4) is 0 Å². The molecule has 0 unspecified atom stereocenters. The largest absolute Gasteiger partial charge is 0.340 e. The number of carbonyl (C=O) groups is 1. The lowest BCUT2D eigenvalue weighted by Gasteiger charge is -2.17. The van der Waals surface area contributed by atoms with Crippen LogP contribution in [0, 0.1) is 0 Å². The topological polar surface area (TPSA) is 32.3 Å². The van der Waals surface area contributed by atoms with Crippen LogP contribution in [0.2, 0.25) is 5.02 Å². The van der Waals surface area contributed by atoms with Gasteiger partial charge in [-0.3, -0.25) is 4.79 Å². The molecule has 0 aliphatic rings. The number of amides is 1. The summed E-state index contributed by atoms with van der Waals surface area (Å²) in [5.41, 5.74) is 0.595. The lowest BCUT2D eigenvalue weighted by Crippen LogP contribution is -2.32. The number of benzene rings is 1. The molecule has 0 bridgehead atoms. The van der Waals surface area contributed by atoms with E-state index < -0.39 is 0 Å². The highest BCUT2D eigenvalue weighted by Crippen LogP contribution is 2.20. The molecule has 5 heteroatoms. The van der Waals surface area contributed by atoms with Gasteiger partial charge >= 0.3 is 0 Å². The summed E-state index contributed by atoms with van der Waals surface area (Å²) in [6.07, 6.45) is 0. The van der Waals surface area contributed by atoms with Gasteiger partial charge < -0.3 is 10.2 Å². The van der Waals surface area contributed by atoms with Crippen LogP contribution >= 0.6 is 27.5 Å². The Morgan fingerprint density at radius 2 is 2.19 bits per heavy atom. The van der Waals surface area contributed by atoms with Crippen LogP contribution in [-0.2, 0) is 0 Å². The maximum atomic E-state index is 12.0. The van der Waals surface area contributed by atoms with E-state index in [9.17, 15) is 4.79 Å². The molecule has 3 nitrogen and oxygen atoms in total. The average molecular weight is 306 g/mol. The van der Waals surface area contributed by atoms with Crippen molar-refractivity contribution in [2.45, 2.75) is 0 Å². The molecule has 0 radical (unpaired) electrons. The Kier molecular flexibility index (Phi) is 5.25. The molecule has 88 valence electrons. The Bertz CT molecular complexity index is 364. The van der Waals surface area contributed by atoms with E-state index in [0.717, 1.165) is 11.0 Å². The van der Waals surface area contributed by atoms with E-state index in [1.54, 1.807) is 30.1 Å². The molecule has 0 saturated carbocycles. The molecule has 0 aliphatic heterocycles. The molecule has 0 aromatic heterocycles. The van der Waals surface area contributed by atoms with Gasteiger partial charge in [0.2, 0.25) is 0 Å². The van der Waals surface area contributed by atoms with E-state index in [1.165, 1.54) is 0 Å². The number of rotatable bonds is 4. The third-order valence-electron chi connectivity index (χ3n) is 2.15. The van der Waals surface area contributed by atoms with Crippen molar-refractivity contribution in [2.75, 3.05) is 27.2 Å². The first-order valence-electron chi connectivity index (χ1n) is 4.90. The Labute approximate surface area is 109 Å². The van der Waals surface area contributed by atoms with Crippen LogP contribution in [0.5, 0.6) is 0 Å². The van der Waals surface area contributed by atoms with E-state index in [-0.39, 0.29) is 5.91 Å². The van der Waals surface area contributed by atoms with Crippen molar-refractivity contribution in [3.05, 3.63) is 33.3 Å². The van der Waals surface area contributed by atoms with E-state index in [1.807, 2.05) is 7.05 Å². The Hall–Kier alpha value is -0.580. The quantitative estimate of drug-likeness (QED) is 0.926. The minimum absolute atomic E-state index is 0.0292. The molecule has 1 aromatic rings. The summed E-state index contributed by atoms with van der Waals surface area (Å²) < 4.78 is 0.811. The summed E-state index contributed by atoms with van der Waals surface area (Å²) in [6, 6.07) is 5.19. The predicted molar refractivity (Wildman–Crippen MR) is 70.0 cm³/mol. The molecule has 0 saturated heterocycles. The predicted octanol–water partition coefficient (Wildman–Crippen LogP) is 2.39. The first kappa shape index (κ1) is 13.5. The molecular formula is C11H14BrClN2O. The zero-order chi connectivity index (χ0) is 12.1. The number of nitrogens with one attached hydrogen (secondary N) is 1. The standard InChI is InChI=1S/C11H14BrClN2O/c1-14-3-4-15(2)11(16)8-5-9(12)7-10(13)6-8/h5-7,14H,3-4H2,1-2H3. The maximum absolute atomic E-state index is 12.0. The lowest BCUT2D eigenvalue weighted by atomic mass is 10.2. The number of halogens is 2. The monoisotopic (exact) mass is 304 g/mol. The molecule has 0 atom stereocenters. The van der Waals surface area contributed by atoms with Crippen LogP contribution in [0.4, 0.5) is 0 Å². The van der Waals surface area contributed by atoms with Crippen molar-refractivity contribution < 1.29 is 4.79 Å². The van der Waals surface area contributed by atoms with Crippen LogP contribution < -0.4 is 5.32 Å². The van der Waals surface area contributed by atoms with Gasteiger partial charge in [0.25, 0.3) is 5.91 Å². The zero-order valence-corrected chi connectivity index (χ0v) is 11.6. The SMILES string of the molecule is CNCCN(C)C(=O)c1cc(Cl)cc(Br)c1. The summed E-state index contributed by atoms with van der Waals surface area (Å²) in [5, 5.41) is 3.55. The summed E-state index contributed by atoms with van der Waals surface area (Å²) >= 11 is 9.21. The van der Waals surface area contributed by atoms with Gasteiger partial charge in [0.15, 0.2) is 0 Å². The molecule has 0 aliphatic carbocycles. The van der Waals surface area contributed by atoms with Crippen LogP contribution in [0.15, 0.2) is 22.7 Å². The van der Waals surface area contributed by atoms with Gasteiger partial charge in [-0.15, -0.1) is 0 Å². The highest BCUT2D eigenvalue weighted by atomic mass is 79.9. The first-order chi connectivity index (χ1) is 7.54. The normalized spacial score (nSPS) is 10.2. The summed E-state index contributed by atoms with van der Waals surface area (Å²) in [5.74, 6) is -0.0292. The summed E-state index contributed by atoms with van der Waals surface area (Å²) in [7, 11) is 3.63. The molecule has 1 amide bonds. The second-order valence-corrected chi connectivity index (χ2v) is 4.84. The molecular weight excluding hydrogens is 291 g/mol. The van der Waals surface area contributed by atoms with Crippen molar-refractivity contribution in [1.82, 2.24) is 10.2 Å².